The third kappa shape index (κ3) is 4.91. The number of pyridine rings is 1. The Hall–Kier alpha value is -3.25. The van der Waals surface area contributed by atoms with E-state index in [0.717, 1.165) is 16.5 Å². The fourth-order valence-electron chi connectivity index (χ4n) is 3.50. The van der Waals surface area contributed by atoms with E-state index in [-0.39, 0.29) is 17.8 Å². The third-order valence-corrected chi connectivity index (χ3v) is 6.82. The van der Waals surface area contributed by atoms with Gasteiger partial charge in [-0.2, -0.15) is 5.26 Å². The van der Waals surface area contributed by atoms with Crippen LogP contribution >= 0.6 is 0 Å². The molecule has 0 aliphatic rings. The maximum absolute atomic E-state index is 14.6. The summed E-state index contributed by atoms with van der Waals surface area (Å²) in [4.78, 5) is 4.16. The topological polar surface area (TPSA) is 97.8 Å². The summed E-state index contributed by atoms with van der Waals surface area (Å²) in [5.74, 6) is -0.522. The first-order valence-electron chi connectivity index (χ1n) is 10.4. The van der Waals surface area contributed by atoms with Crippen molar-refractivity contribution in [3.8, 4) is 17.3 Å². The van der Waals surface area contributed by atoms with E-state index in [0.29, 0.717) is 11.3 Å². The molecule has 0 aliphatic heterocycles. The van der Waals surface area contributed by atoms with E-state index < -0.39 is 28.0 Å². The molecule has 0 spiro atoms. The van der Waals surface area contributed by atoms with Gasteiger partial charge < -0.3 is 9.08 Å². The second-order valence-electron chi connectivity index (χ2n) is 8.61. The van der Waals surface area contributed by atoms with Crippen molar-refractivity contribution in [3.63, 3.8) is 0 Å². The van der Waals surface area contributed by atoms with Gasteiger partial charge in [-0.05, 0) is 50.6 Å². The smallest absolute Gasteiger partial charge is 0.167 e. The van der Waals surface area contributed by atoms with Gasteiger partial charge in [-0.1, -0.05) is 41.6 Å². The molecule has 2 atom stereocenters. The summed E-state index contributed by atoms with van der Waals surface area (Å²) in [6.45, 7) is 5.58. The highest BCUT2D eigenvalue weighted by molar-refractivity contribution is 7.90. The van der Waals surface area contributed by atoms with E-state index in [1.807, 2.05) is 75.4 Å². The summed E-state index contributed by atoms with van der Waals surface area (Å²) >= 11 is -1.45. The molecule has 2 aromatic heterocycles. The van der Waals surface area contributed by atoms with Gasteiger partial charge in [0, 0.05) is 28.7 Å². The van der Waals surface area contributed by atoms with Crippen LogP contribution in [0.2, 0.25) is 0 Å². The van der Waals surface area contributed by atoms with E-state index in [1.54, 1.807) is 0 Å². The first-order valence-corrected chi connectivity index (χ1v) is 11.6. The van der Waals surface area contributed by atoms with Gasteiger partial charge in [0.2, 0.25) is 0 Å². The van der Waals surface area contributed by atoms with Crippen molar-refractivity contribution in [1.29, 1.82) is 5.26 Å². The van der Waals surface area contributed by atoms with Crippen LogP contribution in [0.4, 0.5) is 4.39 Å². The molecule has 4 aromatic rings. The van der Waals surface area contributed by atoms with Gasteiger partial charge in [-0.15, -0.1) is 4.72 Å². The molecule has 0 amide bonds. The number of nitriles is 1. The molecule has 2 heterocycles. The Morgan fingerprint density at radius 2 is 1.85 bits per heavy atom. The van der Waals surface area contributed by atoms with Crippen molar-refractivity contribution in [3.05, 3.63) is 83.4 Å². The predicted octanol–water partition coefficient (Wildman–Crippen LogP) is 5.24. The molecule has 0 saturated heterocycles. The molecule has 33 heavy (non-hydrogen) atoms. The highest BCUT2D eigenvalue weighted by Gasteiger charge is 2.32. The summed E-state index contributed by atoms with van der Waals surface area (Å²) in [5, 5.41) is 14.3. The lowest BCUT2D eigenvalue weighted by Crippen LogP contribution is -2.42. The Balaban J connectivity index is 1.82. The zero-order chi connectivity index (χ0) is 23.6. The first kappa shape index (κ1) is 22.9. The summed E-state index contributed by atoms with van der Waals surface area (Å²) in [7, 11) is 0. The van der Waals surface area contributed by atoms with E-state index in [1.165, 1.54) is 12.1 Å². The number of para-hydroxylation sites is 1. The lowest BCUT2D eigenvalue weighted by molar-refractivity contribution is 0.459. The molecule has 1 N–H and O–H groups in total. The Morgan fingerprint density at radius 1 is 1.12 bits per heavy atom. The molecular formula is C25H23FN4O2S. The number of aromatic nitrogens is 2. The molecule has 6 nitrogen and oxygen atoms in total. The maximum atomic E-state index is 14.6. The summed E-state index contributed by atoms with van der Waals surface area (Å²) in [6, 6.07) is 19.0. The number of rotatable bonds is 6. The van der Waals surface area contributed by atoms with Crippen LogP contribution in [0.1, 0.15) is 43.8 Å². The average molecular weight is 463 g/mol. The van der Waals surface area contributed by atoms with Crippen molar-refractivity contribution in [1.82, 2.24) is 14.9 Å². The van der Waals surface area contributed by atoms with Crippen molar-refractivity contribution in [2.75, 3.05) is 0 Å². The number of hydrogen-bond acceptors (Lipinski definition) is 6. The van der Waals surface area contributed by atoms with Crippen LogP contribution in [-0.2, 0) is 17.8 Å². The summed E-state index contributed by atoms with van der Waals surface area (Å²) in [5.41, 5.74) is 3.10. The summed E-state index contributed by atoms with van der Waals surface area (Å²) < 4.78 is 35.8. The Bertz CT molecular complexity index is 1330. The number of nitrogens with zero attached hydrogens (tertiary/aromatic N) is 3. The minimum Gasteiger partial charge on any atom is -0.598 e. The van der Waals surface area contributed by atoms with Gasteiger partial charge in [0.15, 0.2) is 5.58 Å². The van der Waals surface area contributed by atoms with Crippen LogP contribution in [0.5, 0.6) is 0 Å². The zero-order valence-electron chi connectivity index (χ0n) is 18.5. The predicted molar refractivity (Wildman–Crippen MR) is 126 cm³/mol. The van der Waals surface area contributed by atoms with Crippen LogP contribution in [-0.4, -0.2) is 19.4 Å². The van der Waals surface area contributed by atoms with Gasteiger partial charge in [0.1, 0.15) is 28.0 Å². The van der Waals surface area contributed by atoms with Crippen LogP contribution in [0, 0.1) is 17.1 Å². The Labute approximate surface area is 194 Å². The Kier molecular flexibility index (Phi) is 6.47. The quantitative estimate of drug-likeness (QED) is 0.394. The van der Waals surface area contributed by atoms with Gasteiger partial charge in [0.25, 0.3) is 0 Å². The van der Waals surface area contributed by atoms with Crippen LogP contribution in [0.15, 0.2) is 65.2 Å². The molecule has 0 bridgehead atoms. The summed E-state index contributed by atoms with van der Waals surface area (Å²) in [6.07, 6.45) is 0.0932. The minimum absolute atomic E-state index is 0.0932. The molecule has 8 heteroatoms. The molecule has 0 fully saturated rings. The molecular weight excluding hydrogens is 439 g/mol. The van der Waals surface area contributed by atoms with Gasteiger partial charge >= 0.3 is 0 Å². The van der Waals surface area contributed by atoms with Crippen LogP contribution in [0.3, 0.4) is 0 Å². The SMILES string of the molecule is CC(C)(C)[S+]([O-])N[C@@H](Cc1nc(C#N)ccc1F)c1ccccc1-c1noc2ccccc12. The highest BCUT2D eigenvalue weighted by atomic mass is 32.2. The normalized spacial score (nSPS) is 13.6. The largest absolute Gasteiger partial charge is 0.598 e. The van der Waals surface area contributed by atoms with Crippen LogP contribution in [0.25, 0.3) is 22.2 Å². The average Bonchev–Trinajstić information content (AvgIpc) is 3.23. The monoisotopic (exact) mass is 462 g/mol. The van der Waals surface area contributed by atoms with Gasteiger partial charge in [-0.3, -0.25) is 0 Å². The van der Waals surface area contributed by atoms with E-state index in [4.69, 9.17) is 4.52 Å². The van der Waals surface area contributed by atoms with Crippen molar-refractivity contribution >= 4 is 22.3 Å². The number of fused-ring (bicyclic) bond motifs is 1. The van der Waals surface area contributed by atoms with Crippen LogP contribution < -0.4 is 4.72 Å². The van der Waals surface area contributed by atoms with E-state index in [2.05, 4.69) is 14.9 Å². The second-order valence-corrected chi connectivity index (χ2v) is 10.6. The minimum atomic E-state index is -1.45. The molecule has 4 rings (SSSR count). The number of nitrogens with one attached hydrogen (secondary N) is 1. The fourth-order valence-corrected chi connectivity index (χ4v) is 4.32. The molecule has 0 aliphatic carbocycles. The molecule has 168 valence electrons. The molecule has 0 radical (unpaired) electrons. The number of benzene rings is 2. The van der Waals surface area contributed by atoms with E-state index >= 15 is 0 Å². The van der Waals surface area contributed by atoms with Gasteiger partial charge in [0.05, 0.1) is 11.7 Å². The lowest BCUT2D eigenvalue weighted by atomic mass is 9.94. The number of halogens is 1. The van der Waals surface area contributed by atoms with Crippen molar-refractivity contribution in [2.24, 2.45) is 0 Å². The molecule has 0 saturated carbocycles. The first-order chi connectivity index (χ1) is 15.8. The van der Waals surface area contributed by atoms with Crippen molar-refractivity contribution in [2.45, 2.75) is 38.0 Å². The fraction of sp³-hybridized carbons (Fsp3) is 0.240. The zero-order valence-corrected chi connectivity index (χ0v) is 19.3. The molecule has 1 unspecified atom stereocenters. The maximum Gasteiger partial charge on any atom is 0.167 e. The second kappa shape index (κ2) is 9.32. The standard InChI is InChI=1S/C25H23FN4O2S/c1-25(2,3)33(31)30-21(14-22-20(26)13-12-16(15-27)28-22)17-8-4-5-9-18(17)24-19-10-6-7-11-23(19)32-29-24/h4-13,21,30H,14H2,1-3H3/t21-,33?/m0/s1. The van der Waals surface area contributed by atoms with Crippen molar-refractivity contribution < 1.29 is 13.5 Å². The lowest BCUT2D eigenvalue weighted by Gasteiger charge is -2.29. The third-order valence-electron chi connectivity index (χ3n) is 5.20. The Morgan fingerprint density at radius 3 is 2.61 bits per heavy atom. The highest BCUT2D eigenvalue weighted by Crippen LogP contribution is 2.35. The van der Waals surface area contributed by atoms with Gasteiger partial charge in [-0.25, -0.2) is 9.37 Å². The van der Waals surface area contributed by atoms with E-state index in [9.17, 15) is 14.2 Å². The number of hydrogen-bond donors (Lipinski definition) is 1. The molecule has 2 aromatic carbocycles.